The Balaban J connectivity index is 2.27. The van der Waals surface area contributed by atoms with Crippen LogP contribution < -0.4 is 0 Å². The van der Waals surface area contributed by atoms with Gasteiger partial charge in [0.25, 0.3) is 0 Å². The van der Waals surface area contributed by atoms with Gasteiger partial charge in [-0.05, 0) is 36.0 Å². The van der Waals surface area contributed by atoms with Crippen LogP contribution >= 0.6 is 0 Å². The van der Waals surface area contributed by atoms with Crippen molar-refractivity contribution in [2.24, 2.45) is 5.92 Å². The van der Waals surface area contributed by atoms with E-state index in [1.807, 2.05) is 6.07 Å². The van der Waals surface area contributed by atoms with Crippen molar-refractivity contribution in [2.75, 3.05) is 0 Å². The van der Waals surface area contributed by atoms with Crippen LogP contribution in [0, 0.1) is 5.92 Å². The monoisotopic (exact) mass is 202 g/mol. The zero-order valence-electron chi connectivity index (χ0n) is 9.66. The van der Waals surface area contributed by atoms with Gasteiger partial charge in [-0.2, -0.15) is 0 Å². The highest BCUT2D eigenvalue weighted by atomic mass is 16.3. The second-order valence-electron chi connectivity index (χ2n) is 4.75. The zero-order chi connectivity index (χ0) is 10.8. The van der Waals surface area contributed by atoms with Gasteiger partial charge in [-0.25, -0.2) is 0 Å². The van der Waals surface area contributed by atoms with E-state index in [1.165, 1.54) is 17.4 Å². The second-order valence-corrected chi connectivity index (χ2v) is 4.75. The molecule has 2 aromatic rings. The minimum Gasteiger partial charge on any atom is -0.464 e. The standard InChI is InChI=1S/C14H18O/c1-10(2)8-11(3)13-5-4-12-6-7-15-14(12)9-13/h4-7,9-11H,8H2,1-3H3. The highest BCUT2D eigenvalue weighted by molar-refractivity contribution is 5.77. The molecule has 2 rings (SSSR count). The van der Waals surface area contributed by atoms with Crippen molar-refractivity contribution in [1.82, 2.24) is 0 Å². The molecule has 1 aromatic carbocycles. The molecule has 0 fully saturated rings. The Labute approximate surface area is 91.1 Å². The fourth-order valence-corrected chi connectivity index (χ4v) is 2.12. The average molecular weight is 202 g/mol. The first-order valence-corrected chi connectivity index (χ1v) is 5.64. The van der Waals surface area contributed by atoms with Gasteiger partial charge in [0.1, 0.15) is 5.58 Å². The van der Waals surface area contributed by atoms with Crippen LogP contribution in [0.3, 0.4) is 0 Å². The Morgan fingerprint density at radius 2 is 1.93 bits per heavy atom. The molecule has 0 saturated heterocycles. The minimum absolute atomic E-state index is 0.611. The lowest BCUT2D eigenvalue weighted by atomic mass is 9.92. The van der Waals surface area contributed by atoms with E-state index in [1.54, 1.807) is 6.26 Å². The van der Waals surface area contributed by atoms with E-state index in [2.05, 4.69) is 39.0 Å². The van der Waals surface area contributed by atoms with Crippen molar-refractivity contribution in [3.63, 3.8) is 0 Å². The lowest BCUT2D eigenvalue weighted by Crippen LogP contribution is -1.98. The normalized spacial score (nSPS) is 13.6. The lowest BCUT2D eigenvalue weighted by molar-refractivity contribution is 0.523. The Morgan fingerprint density at radius 1 is 1.13 bits per heavy atom. The molecular weight excluding hydrogens is 184 g/mol. The van der Waals surface area contributed by atoms with Crippen LogP contribution in [-0.4, -0.2) is 0 Å². The summed E-state index contributed by atoms with van der Waals surface area (Å²) in [5.74, 6) is 1.35. The maximum absolute atomic E-state index is 5.41. The fourth-order valence-electron chi connectivity index (χ4n) is 2.12. The quantitative estimate of drug-likeness (QED) is 0.710. The number of hydrogen-bond acceptors (Lipinski definition) is 1. The van der Waals surface area contributed by atoms with Gasteiger partial charge in [0.05, 0.1) is 6.26 Å². The van der Waals surface area contributed by atoms with Crippen molar-refractivity contribution < 1.29 is 4.42 Å². The summed E-state index contributed by atoms with van der Waals surface area (Å²) in [7, 11) is 0. The average Bonchev–Trinajstić information content (AvgIpc) is 2.62. The minimum atomic E-state index is 0.611. The van der Waals surface area contributed by atoms with E-state index in [-0.39, 0.29) is 0 Å². The first kappa shape index (κ1) is 10.3. The van der Waals surface area contributed by atoms with Gasteiger partial charge in [0.15, 0.2) is 0 Å². The Kier molecular flexibility index (Phi) is 2.81. The molecule has 0 saturated carbocycles. The molecule has 1 nitrogen and oxygen atoms in total. The third kappa shape index (κ3) is 2.23. The van der Waals surface area contributed by atoms with Gasteiger partial charge in [0, 0.05) is 5.39 Å². The van der Waals surface area contributed by atoms with E-state index in [0.29, 0.717) is 5.92 Å². The highest BCUT2D eigenvalue weighted by Gasteiger charge is 2.09. The van der Waals surface area contributed by atoms with Crippen LogP contribution in [0.5, 0.6) is 0 Å². The summed E-state index contributed by atoms with van der Waals surface area (Å²) < 4.78 is 5.41. The molecule has 0 radical (unpaired) electrons. The summed E-state index contributed by atoms with van der Waals surface area (Å²) in [6.45, 7) is 6.81. The summed E-state index contributed by atoms with van der Waals surface area (Å²) in [6, 6.07) is 8.53. The van der Waals surface area contributed by atoms with E-state index in [0.717, 1.165) is 11.5 Å². The molecule has 1 heterocycles. The van der Waals surface area contributed by atoms with Gasteiger partial charge in [0.2, 0.25) is 0 Å². The van der Waals surface area contributed by atoms with Gasteiger partial charge in [-0.15, -0.1) is 0 Å². The lowest BCUT2D eigenvalue weighted by Gasteiger charge is -2.14. The summed E-state index contributed by atoms with van der Waals surface area (Å²) >= 11 is 0. The van der Waals surface area contributed by atoms with Crippen molar-refractivity contribution in [2.45, 2.75) is 33.1 Å². The molecule has 15 heavy (non-hydrogen) atoms. The molecule has 0 bridgehead atoms. The predicted octanol–water partition coefficient (Wildman–Crippen LogP) is 4.58. The third-order valence-electron chi connectivity index (χ3n) is 2.87. The van der Waals surface area contributed by atoms with Gasteiger partial charge < -0.3 is 4.42 Å². The zero-order valence-corrected chi connectivity index (χ0v) is 9.66. The number of hydrogen-bond donors (Lipinski definition) is 0. The Morgan fingerprint density at radius 3 is 2.67 bits per heavy atom. The van der Waals surface area contributed by atoms with Crippen molar-refractivity contribution in [3.05, 3.63) is 36.1 Å². The molecule has 1 unspecified atom stereocenters. The van der Waals surface area contributed by atoms with E-state index >= 15 is 0 Å². The Hall–Kier alpha value is -1.24. The molecule has 1 heteroatoms. The van der Waals surface area contributed by atoms with Crippen molar-refractivity contribution in [3.8, 4) is 0 Å². The first-order chi connectivity index (χ1) is 7.16. The second kappa shape index (κ2) is 4.09. The Bertz CT molecular complexity index is 439. The molecule has 0 N–H and O–H groups in total. The maximum Gasteiger partial charge on any atom is 0.134 e. The van der Waals surface area contributed by atoms with Crippen LogP contribution in [-0.2, 0) is 0 Å². The van der Waals surface area contributed by atoms with Crippen LogP contribution in [0.15, 0.2) is 34.9 Å². The van der Waals surface area contributed by atoms with E-state index < -0.39 is 0 Å². The van der Waals surface area contributed by atoms with Gasteiger partial charge in [-0.1, -0.05) is 32.9 Å². The van der Waals surface area contributed by atoms with Crippen LogP contribution in [0.1, 0.15) is 38.7 Å². The van der Waals surface area contributed by atoms with Crippen LogP contribution in [0.4, 0.5) is 0 Å². The highest BCUT2D eigenvalue weighted by Crippen LogP contribution is 2.26. The molecule has 80 valence electrons. The maximum atomic E-state index is 5.41. The first-order valence-electron chi connectivity index (χ1n) is 5.64. The number of furan rings is 1. The molecular formula is C14H18O. The fraction of sp³-hybridized carbons (Fsp3) is 0.429. The molecule has 0 amide bonds. The van der Waals surface area contributed by atoms with Crippen molar-refractivity contribution in [1.29, 1.82) is 0 Å². The van der Waals surface area contributed by atoms with E-state index in [9.17, 15) is 0 Å². The molecule has 0 aliphatic rings. The predicted molar refractivity (Wildman–Crippen MR) is 64.1 cm³/mol. The number of fused-ring (bicyclic) bond motifs is 1. The number of rotatable bonds is 3. The molecule has 1 aromatic heterocycles. The molecule has 0 spiro atoms. The third-order valence-corrected chi connectivity index (χ3v) is 2.87. The smallest absolute Gasteiger partial charge is 0.134 e. The molecule has 0 aliphatic heterocycles. The summed E-state index contributed by atoms with van der Waals surface area (Å²) in [6.07, 6.45) is 2.98. The topological polar surface area (TPSA) is 13.1 Å². The molecule has 1 atom stereocenters. The number of benzene rings is 1. The largest absolute Gasteiger partial charge is 0.464 e. The van der Waals surface area contributed by atoms with Crippen molar-refractivity contribution >= 4 is 11.0 Å². The van der Waals surface area contributed by atoms with Crippen LogP contribution in [0.2, 0.25) is 0 Å². The summed E-state index contributed by atoms with van der Waals surface area (Å²) in [4.78, 5) is 0. The summed E-state index contributed by atoms with van der Waals surface area (Å²) in [5.41, 5.74) is 2.38. The van der Waals surface area contributed by atoms with Gasteiger partial charge >= 0.3 is 0 Å². The molecule has 0 aliphatic carbocycles. The van der Waals surface area contributed by atoms with E-state index in [4.69, 9.17) is 4.42 Å². The summed E-state index contributed by atoms with van der Waals surface area (Å²) in [5, 5.41) is 1.19. The SMILES string of the molecule is CC(C)CC(C)c1ccc2ccoc2c1. The van der Waals surface area contributed by atoms with Gasteiger partial charge in [-0.3, -0.25) is 0 Å². The van der Waals surface area contributed by atoms with Crippen LogP contribution in [0.25, 0.3) is 11.0 Å².